The van der Waals surface area contributed by atoms with Gasteiger partial charge < -0.3 is 9.84 Å². The molecule has 0 saturated carbocycles. The fourth-order valence-electron chi connectivity index (χ4n) is 2.66. The van der Waals surface area contributed by atoms with Gasteiger partial charge in [0.05, 0.1) is 29.1 Å². The summed E-state index contributed by atoms with van der Waals surface area (Å²) in [6, 6.07) is 12.9. The highest BCUT2D eigenvalue weighted by Crippen LogP contribution is 2.25. The summed E-state index contributed by atoms with van der Waals surface area (Å²) >= 11 is 5.95. The molecule has 3 aromatic rings. The lowest BCUT2D eigenvalue weighted by molar-refractivity contribution is 0.0955. The molecule has 0 aliphatic carbocycles. The van der Waals surface area contributed by atoms with Crippen LogP contribution in [0.2, 0.25) is 5.02 Å². The van der Waals surface area contributed by atoms with Gasteiger partial charge in [-0.05, 0) is 31.2 Å². The van der Waals surface area contributed by atoms with Crippen molar-refractivity contribution in [2.75, 3.05) is 6.61 Å². The number of benzene rings is 2. The molecule has 0 bridgehead atoms. The number of hydrogen-bond donors (Lipinski definition) is 3. The third-order valence-electron chi connectivity index (χ3n) is 4.01. The van der Waals surface area contributed by atoms with Gasteiger partial charge in [-0.25, -0.2) is 14.8 Å². The summed E-state index contributed by atoms with van der Waals surface area (Å²) < 4.78 is 6.36. The molecule has 0 saturated heterocycles. The van der Waals surface area contributed by atoms with E-state index in [1.807, 2.05) is 0 Å². The Balaban J connectivity index is 1.97. The molecule has 30 heavy (non-hydrogen) atoms. The maximum absolute atomic E-state index is 12.3. The molecule has 1 amide bonds. The number of hydrazone groups is 1. The molecule has 0 fully saturated rings. The number of aromatic nitrogens is 2. The van der Waals surface area contributed by atoms with Crippen LogP contribution in [0.5, 0.6) is 11.6 Å². The highest BCUT2D eigenvalue weighted by molar-refractivity contribution is 6.33. The molecule has 154 valence electrons. The second-order valence-electron chi connectivity index (χ2n) is 5.91. The number of amides is 1. The Morgan fingerprint density at radius 1 is 1.23 bits per heavy atom. The van der Waals surface area contributed by atoms with Gasteiger partial charge >= 0.3 is 5.69 Å². The zero-order chi connectivity index (χ0) is 21.7. The molecular formula is C20H17ClN4O5. The topological polar surface area (TPSA) is 126 Å². The van der Waals surface area contributed by atoms with Crippen LogP contribution in [0.3, 0.4) is 0 Å². The summed E-state index contributed by atoms with van der Waals surface area (Å²) in [5.41, 5.74) is 0.564. The number of nitrogens with zero attached hydrogens (tertiary/aromatic N) is 2. The van der Waals surface area contributed by atoms with Gasteiger partial charge in [0.1, 0.15) is 11.3 Å². The van der Waals surface area contributed by atoms with E-state index in [1.165, 1.54) is 6.07 Å². The molecule has 1 aromatic heterocycles. The normalized spacial score (nSPS) is 10.9. The number of halogens is 1. The number of para-hydroxylation sites is 2. The third kappa shape index (κ3) is 4.26. The predicted molar refractivity (Wildman–Crippen MR) is 112 cm³/mol. The van der Waals surface area contributed by atoms with E-state index in [1.54, 1.807) is 49.4 Å². The van der Waals surface area contributed by atoms with Crippen LogP contribution in [0.15, 0.2) is 63.2 Å². The molecule has 0 unspecified atom stereocenters. The minimum Gasteiger partial charge on any atom is -0.493 e. The van der Waals surface area contributed by atoms with Crippen LogP contribution in [0.25, 0.3) is 5.69 Å². The second kappa shape index (κ2) is 9.10. The number of H-pyrrole nitrogens is 1. The molecule has 9 nitrogen and oxygen atoms in total. The van der Waals surface area contributed by atoms with Crippen molar-refractivity contribution in [2.24, 2.45) is 5.10 Å². The van der Waals surface area contributed by atoms with Crippen molar-refractivity contribution >= 4 is 23.7 Å². The first kappa shape index (κ1) is 20.9. The predicted octanol–water partition coefficient (Wildman–Crippen LogP) is 2.05. The summed E-state index contributed by atoms with van der Waals surface area (Å²) in [6.45, 7) is 2.10. The maximum Gasteiger partial charge on any atom is 0.335 e. The molecule has 3 N–H and O–H groups in total. The standard InChI is InChI=1S/C20H17ClN4O5/c1-2-30-16-10-6-5-9-15(16)25-19(28)13(17(26)23-20(25)29)11-22-24-18(27)12-7-3-4-8-14(12)21/h3-11,28H,2H2,1H3,(H,24,27)(H,23,26,29). The first-order valence-electron chi connectivity index (χ1n) is 8.82. The summed E-state index contributed by atoms with van der Waals surface area (Å²) in [7, 11) is 0. The Kier molecular flexibility index (Phi) is 6.33. The van der Waals surface area contributed by atoms with Crippen LogP contribution >= 0.6 is 11.6 Å². The van der Waals surface area contributed by atoms with Gasteiger partial charge in [-0.1, -0.05) is 35.9 Å². The van der Waals surface area contributed by atoms with Gasteiger partial charge in [-0.15, -0.1) is 0 Å². The quantitative estimate of drug-likeness (QED) is 0.409. The van der Waals surface area contributed by atoms with E-state index in [9.17, 15) is 19.5 Å². The number of aromatic amines is 1. The van der Waals surface area contributed by atoms with Crippen molar-refractivity contribution in [3.63, 3.8) is 0 Å². The van der Waals surface area contributed by atoms with E-state index in [2.05, 4.69) is 15.5 Å². The van der Waals surface area contributed by atoms with Crippen LogP contribution in [0, 0.1) is 0 Å². The van der Waals surface area contributed by atoms with Gasteiger partial charge in [0, 0.05) is 0 Å². The Labute approximate surface area is 175 Å². The Morgan fingerprint density at radius 2 is 1.93 bits per heavy atom. The average molecular weight is 429 g/mol. The largest absolute Gasteiger partial charge is 0.493 e. The van der Waals surface area contributed by atoms with Gasteiger partial charge in [-0.2, -0.15) is 5.10 Å². The van der Waals surface area contributed by atoms with E-state index in [4.69, 9.17) is 16.3 Å². The van der Waals surface area contributed by atoms with Crippen molar-refractivity contribution in [3.05, 3.63) is 85.5 Å². The number of carbonyl (C=O) groups excluding carboxylic acids is 1. The van der Waals surface area contributed by atoms with E-state index in [-0.39, 0.29) is 21.8 Å². The maximum atomic E-state index is 12.3. The highest BCUT2D eigenvalue weighted by atomic mass is 35.5. The molecule has 2 aromatic carbocycles. The van der Waals surface area contributed by atoms with Crippen LogP contribution in [0.1, 0.15) is 22.8 Å². The summed E-state index contributed by atoms with van der Waals surface area (Å²) in [4.78, 5) is 38.8. The van der Waals surface area contributed by atoms with Gasteiger partial charge in [-0.3, -0.25) is 14.6 Å². The monoisotopic (exact) mass is 428 g/mol. The number of rotatable bonds is 6. The zero-order valence-electron chi connectivity index (χ0n) is 15.8. The molecule has 0 aliphatic rings. The van der Waals surface area contributed by atoms with Crippen LogP contribution in [0.4, 0.5) is 0 Å². The molecule has 1 heterocycles. The van der Waals surface area contributed by atoms with Crippen LogP contribution in [-0.2, 0) is 0 Å². The average Bonchev–Trinajstić information content (AvgIpc) is 2.72. The summed E-state index contributed by atoms with van der Waals surface area (Å²) in [6.07, 6.45) is 0.933. The van der Waals surface area contributed by atoms with Crippen molar-refractivity contribution in [1.29, 1.82) is 0 Å². The zero-order valence-corrected chi connectivity index (χ0v) is 16.5. The van der Waals surface area contributed by atoms with E-state index in [0.717, 1.165) is 10.8 Å². The van der Waals surface area contributed by atoms with Crippen molar-refractivity contribution in [2.45, 2.75) is 6.92 Å². The number of hydrogen-bond acceptors (Lipinski definition) is 6. The SMILES string of the molecule is CCOc1ccccc1-n1c(O)c(C=NNC(=O)c2ccccc2Cl)c(=O)[nH]c1=O. The Morgan fingerprint density at radius 3 is 2.67 bits per heavy atom. The highest BCUT2D eigenvalue weighted by Gasteiger charge is 2.17. The van der Waals surface area contributed by atoms with Gasteiger partial charge in [0.2, 0.25) is 5.88 Å². The summed E-state index contributed by atoms with van der Waals surface area (Å²) in [5.74, 6) is -0.936. The number of ether oxygens (including phenoxy) is 1. The molecule has 0 radical (unpaired) electrons. The number of carbonyl (C=O) groups is 1. The molecule has 0 atom stereocenters. The third-order valence-corrected chi connectivity index (χ3v) is 4.33. The minimum absolute atomic E-state index is 0.185. The smallest absolute Gasteiger partial charge is 0.335 e. The first-order chi connectivity index (χ1) is 14.4. The van der Waals surface area contributed by atoms with E-state index >= 15 is 0 Å². The van der Waals surface area contributed by atoms with Crippen molar-refractivity contribution in [3.8, 4) is 17.3 Å². The van der Waals surface area contributed by atoms with Gasteiger partial charge in [0.25, 0.3) is 11.5 Å². The van der Waals surface area contributed by atoms with E-state index in [0.29, 0.717) is 12.4 Å². The number of aromatic hydroxyl groups is 1. The van der Waals surface area contributed by atoms with Crippen molar-refractivity contribution < 1.29 is 14.6 Å². The molecule has 10 heteroatoms. The van der Waals surface area contributed by atoms with Crippen LogP contribution < -0.4 is 21.4 Å². The lowest BCUT2D eigenvalue weighted by Gasteiger charge is -2.13. The molecule has 3 rings (SSSR count). The molecule has 0 aliphatic heterocycles. The fraction of sp³-hybridized carbons (Fsp3) is 0.100. The molecule has 0 spiro atoms. The Bertz CT molecular complexity index is 1230. The number of nitrogens with one attached hydrogen (secondary N) is 2. The first-order valence-corrected chi connectivity index (χ1v) is 9.20. The second-order valence-corrected chi connectivity index (χ2v) is 6.32. The lowest BCUT2D eigenvalue weighted by atomic mass is 10.2. The van der Waals surface area contributed by atoms with E-state index < -0.39 is 23.0 Å². The Hall–Kier alpha value is -3.85. The lowest BCUT2D eigenvalue weighted by Crippen LogP contribution is -2.32. The van der Waals surface area contributed by atoms with Gasteiger partial charge in [0.15, 0.2) is 0 Å². The minimum atomic E-state index is -0.876. The summed E-state index contributed by atoms with van der Waals surface area (Å²) in [5, 5.41) is 14.5. The van der Waals surface area contributed by atoms with Crippen LogP contribution in [-0.4, -0.2) is 33.4 Å². The fourth-order valence-corrected chi connectivity index (χ4v) is 2.88. The van der Waals surface area contributed by atoms with Crippen molar-refractivity contribution in [1.82, 2.24) is 15.0 Å². The molecular weight excluding hydrogens is 412 g/mol.